The smallest absolute Gasteiger partial charge is 0.416 e. The molecular formula is C30H42F3N3O3. The van der Waals surface area contributed by atoms with E-state index >= 15 is 0 Å². The molecule has 3 rings (SSSR count). The third-order valence-corrected chi connectivity index (χ3v) is 7.58. The molecule has 2 aromatic carbocycles. The minimum Gasteiger partial charge on any atom is -0.493 e. The number of alkyl halides is 3. The third-order valence-electron chi connectivity index (χ3n) is 7.58. The highest BCUT2D eigenvalue weighted by Gasteiger charge is 2.31. The zero-order chi connectivity index (χ0) is 28.6. The molecule has 2 unspecified atom stereocenters. The highest BCUT2D eigenvalue weighted by molar-refractivity contribution is 5.94. The Hall–Kier alpha value is -2.62. The van der Waals surface area contributed by atoms with E-state index in [9.17, 15) is 18.0 Å². The number of unbranched alkanes of at least 4 members (excludes halogenated alkanes) is 1. The van der Waals surface area contributed by atoms with E-state index in [1.165, 1.54) is 23.3 Å². The molecule has 9 heteroatoms. The van der Waals surface area contributed by atoms with Crippen molar-refractivity contribution in [2.75, 3.05) is 53.0 Å². The summed E-state index contributed by atoms with van der Waals surface area (Å²) in [5.41, 5.74) is 3.11. The number of methoxy groups -OCH3 is 1. The summed E-state index contributed by atoms with van der Waals surface area (Å²) in [5.74, 6) is 0.681. The quantitative estimate of drug-likeness (QED) is 0.348. The Labute approximate surface area is 230 Å². The van der Waals surface area contributed by atoms with Gasteiger partial charge in [-0.15, -0.1) is 0 Å². The Bertz CT molecular complexity index is 1070. The number of rotatable bonds is 12. The summed E-state index contributed by atoms with van der Waals surface area (Å²) in [7, 11) is 1.71. The number of benzene rings is 2. The van der Waals surface area contributed by atoms with Crippen molar-refractivity contribution in [3.8, 4) is 5.75 Å². The summed E-state index contributed by atoms with van der Waals surface area (Å²) >= 11 is 0. The van der Waals surface area contributed by atoms with E-state index in [-0.39, 0.29) is 17.5 Å². The Morgan fingerprint density at radius 2 is 1.64 bits per heavy atom. The molecular weight excluding hydrogens is 507 g/mol. The fraction of sp³-hybridized carbons (Fsp3) is 0.567. The van der Waals surface area contributed by atoms with Crippen LogP contribution in [-0.2, 0) is 10.9 Å². The molecule has 1 N–H and O–H groups in total. The van der Waals surface area contributed by atoms with E-state index in [2.05, 4.69) is 50.0 Å². The van der Waals surface area contributed by atoms with E-state index in [0.717, 1.165) is 42.8 Å². The van der Waals surface area contributed by atoms with Gasteiger partial charge in [0, 0.05) is 50.9 Å². The van der Waals surface area contributed by atoms with Crippen molar-refractivity contribution in [3.63, 3.8) is 0 Å². The number of carbonyl (C=O) groups excluding carboxylic acids is 1. The normalized spacial score (nSPS) is 16.3. The van der Waals surface area contributed by atoms with Gasteiger partial charge in [-0.1, -0.05) is 6.07 Å². The van der Waals surface area contributed by atoms with E-state index in [1.807, 2.05) is 0 Å². The first-order chi connectivity index (χ1) is 18.5. The predicted octanol–water partition coefficient (Wildman–Crippen LogP) is 5.62. The van der Waals surface area contributed by atoms with Gasteiger partial charge in [0.1, 0.15) is 5.75 Å². The second-order valence-electron chi connectivity index (χ2n) is 10.3. The molecule has 1 aliphatic rings. The highest BCUT2D eigenvalue weighted by Crippen LogP contribution is 2.32. The molecule has 1 saturated heterocycles. The van der Waals surface area contributed by atoms with Gasteiger partial charge in [-0.2, -0.15) is 13.2 Å². The van der Waals surface area contributed by atoms with E-state index in [1.54, 1.807) is 12.0 Å². The fourth-order valence-electron chi connectivity index (χ4n) is 4.99. The molecule has 216 valence electrons. The lowest BCUT2D eigenvalue weighted by Gasteiger charge is -2.39. The first kappa shape index (κ1) is 30.9. The van der Waals surface area contributed by atoms with Gasteiger partial charge in [0.05, 0.1) is 18.8 Å². The molecule has 0 saturated carbocycles. The zero-order valence-electron chi connectivity index (χ0n) is 23.7. The van der Waals surface area contributed by atoms with Crippen molar-refractivity contribution >= 4 is 5.91 Å². The maximum Gasteiger partial charge on any atom is 0.416 e. The van der Waals surface area contributed by atoms with E-state index in [4.69, 9.17) is 9.47 Å². The number of hydrogen-bond acceptors (Lipinski definition) is 5. The first-order valence-corrected chi connectivity index (χ1v) is 13.7. The number of carbonyl (C=O) groups is 1. The summed E-state index contributed by atoms with van der Waals surface area (Å²) in [4.78, 5) is 16.9. The van der Waals surface area contributed by atoms with E-state index in [0.29, 0.717) is 45.4 Å². The maximum absolute atomic E-state index is 12.8. The summed E-state index contributed by atoms with van der Waals surface area (Å²) in [6.07, 6.45) is -2.40. The average molecular weight is 550 g/mol. The van der Waals surface area contributed by atoms with E-state index < -0.39 is 11.7 Å². The highest BCUT2D eigenvalue weighted by atomic mass is 19.4. The molecule has 0 aromatic heterocycles. The minimum atomic E-state index is -4.41. The minimum absolute atomic E-state index is 0.168. The lowest BCUT2D eigenvalue weighted by Crippen LogP contribution is -2.49. The second kappa shape index (κ2) is 14.1. The largest absolute Gasteiger partial charge is 0.493 e. The van der Waals surface area contributed by atoms with Crippen molar-refractivity contribution in [3.05, 3.63) is 64.2 Å². The van der Waals surface area contributed by atoms with Crippen molar-refractivity contribution in [1.82, 2.24) is 15.1 Å². The lowest BCUT2D eigenvalue weighted by molar-refractivity contribution is -0.137. The SMILES string of the molecule is COCC(C)NCCCCOc1ccc(C(C)N2CCN(C(=O)c3ccc(C(F)(F)F)cc3)CC2)c(C)c1C. The topological polar surface area (TPSA) is 54.0 Å². The van der Waals surface area contributed by atoms with Gasteiger partial charge in [0.15, 0.2) is 0 Å². The van der Waals surface area contributed by atoms with Gasteiger partial charge < -0.3 is 19.7 Å². The monoisotopic (exact) mass is 549 g/mol. The standard InChI is InChI=1S/C30H42F3N3O3/c1-21(20-38-5)34-14-6-7-19-39-28-13-12-27(22(2)23(28)3)24(4)35-15-17-36(18-16-35)29(37)25-8-10-26(11-9-25)30(31,32)33/h8-13,21,24,34H,6-7,14-20H2,1-5H3. The number of piperazine rings is 1. The number of nitrogens with one attached hydrogen (secondary N) is 1. The van der Waals surface area contributed by atoms with Crippen LogP contribution in [0.5, 0.6) is 5.75 Å². The molecule has 1 aliphatic heterocycles. The van der Waals surface area contributed by atoms with Gasteiger partial charge in [-0.3, -0.25) is 9.69 Å². The van der Waals surface area contributed by atoms with Crippen LogP contribution in [0.2, 0.25) is 0 Å². The molecule has 1 heterocycles. The van der Waals surface area contributed by atoms with Crippen LogP contribution in [0, 0.1) is 13.8 Å². The molecule has 2 atom stereocenters. The van der Waals surface area contributed by atoms with Crippen LogP contribution < -0.4 is 10.1 Å². The Morgan fingerprint density at radius 1 is 0.974 bits per heavy atom. The van der Waals surface area contributed by atoms with Crippen LogP contribution in [0.4, 0.5) is 13.2 Å². The molecule has 0 radical (unpaired) electrons. The average Bonchev–Trinajstić information content (AvgIpc) is 2.92. The molecule has 0 spiro atoms. The number of nitrogens with zero attached hydrogens (tertiary/aromatic N) is 2. The molecule has 0 aliphatic carbocycles. The molecule has 2 aromatic rings. The maximum atomic E-state index is 12.8. The number of hydrogen-bond donors (Lipinski definition) is 1. The lowest BCUT2D eigenvalue weighted by atomic mass is 9.96. The Kier molecular flexibility index (Phi) is 11.2. The van der Waals surface area contributed by atoms with Gasteiger partial charge in [-0.05, 0) is 94.1 Å². The third kappa shape index (κ3) is 8.43. The van der Waals surface area contributed by atoms with Gasteiger partial charge in [0.2, 0.25) is 0 Å². The van der Waals surface area contributed by atoms with Gasteiger partial charge in [0.25, 0.3) is 5.91 Å². The summed E-state index contributed by atoms with van der Waals surface area (Å²) < 4.78 is 49.7. The molecule has 0 bridgehead atoms. The summed E-state index contributed by atoms with van der Waals surface area (Å²) in [6, 6.07) is 9.15. The first-order valence-electron chi connectivity index (χ1n) is 13.7. The Balaban J connectivity index is 1.49. The summed E-state index contributed by atoms with van der Waals surface area (Å²) in [5, 5.41) is 3.43. The molecule has 1 fully saturated rings. The molecule has 1 amide bonds. The Morgan fingerprint density at radius 3 is 2.26 bits per heavy atom. The zero-order valence-corrected chi connectivity index (χ0v) is 23.7. The van der Waals surface area contributed by atoms with Crippen molar-refractivity contribution in [1.29, 1.82) is 0 Å². The number of amides is 1. The van der Waals surface area contributed by atoms with Gasteiger partial charge >= 0.3 is 6.18 Å². The fourth-order valence-corrected chi connectivity index (χ4v) is 4.99. The second-order valence-corrected chi connectivity index (χ2v) is 10.3. The van der Waals surface area contributed by atoms with Crippen molar-refractivity contribution in [2.45, 2.75) is 58.8 Å². The van der Waals surface area contributed by atoms with Crippen LogP contribution in [0.1, 0.15) is 65.3 Å². The summed E-state index contributed by atoms with van der Waals surface area (Å²) in [6.45, 7) is 13.3. The number of halogens is 3. The van der Waals surface area contributed by atoms with Crippen LogP contribution in [0.3, 0.4) is 0 Å². The molecule has 6 nitrogen and oxygen atoms in total. The van der Waals surface area contributed by atoms with Crippen LogP contribution in [0.25, 0.3) is 0 Å². The molecule has 39 heavy (non-hydrogen) atoms. The van der Waals surface area contributed by atoms with Crippen LogP contribution >= 0.6 is 0 Å². The van der Waals surface area contributed by atoms with Crippen molar-refractivity contribution < 1.29 is 27.4 Å². The van der Waals surface area contributed by atoms with Gasteiger partial charge in [-0.25, -0.2) is 0 Å². The van der Waals surface area contributed by atoms with Crippen LogP contribution in [0.15, 0.2) is 36.4 Å². The predicted molar refractivity (Wildman–Crippen MR) is 147 cm³/mol. The number of ether oxygens (including phenoxy) is 2. The van der Waals surface area contributed by atoms with Crippen LogP contribution in [-0.4, -0.2) is 74.8 Å². The van der Waals surface area contributed by atoms with Crippen molar-refractivity contribution in [2.24, 2.45) is 0 Å².